The first-order valence-corrected chi connectivity index (χ1v) is 7.28. The molecule has 1 aromatic heterocycles. The Morgan fingerprint density at radius 2 is 2.05 bits per heavy atom. The molecule has 2 rings (SSSR count). The fraction of sp³-hybridized carbons (Fsp3) is 0.667. The highest BCUT2D eigenvalue weighted by molar-refractivity contribution is 5.42. The average molecular weight is 263 g/mol. The Morgan fingerprint density at radius 1 is 1.32 bits per heavy atom. The number of rotatable bonds is 5. The van der Waals surface area contributed by atoms with Crippen LogP contribution in [-0.2, 0) is 0 Å². The van der Waals surface area contributed by atoms with Gasteiger partial charge in [-0.05, 0) is 38.2 Å². The van der Waals surface area contributed by atoms with Gasteiger partial charge in [-0.3, -0.25) is 0 Å². The van der Waals surface area contributed by atoms with Crippen molar-refractivity contribution in [2.75, 3.05) is 18.6 Å². The molecular formula is C15H25N3O. The number of nitrogens with zero attached hydrogens (tertiary/aromatic N) is 2. The first-order valence-electron chi connectivity index (χ1n) is 7.28. The Bertz CT molecular complexity index is 389. The molecule has 4 nitrogen and oxygen atoms in total. The maximum absolute atomic E-state index is 6.00. The quantitative estimate of drug-likeness (QED) is 0.887. The maximum Gasteiger partial charge on any atom is 0.214 e. The zero-order chi connectivity index (χ0) is 13.7. The van der Waals surface area contributed by atoms with E-state index in [1.54, 1.807) is 7.11 Å². The SMILES string of the molecule is CCCN(c1cccc(OC)n1)C1CCC(N)CC1. The van der Waals surface area contributed by atoms with Crippen LogP contribution in [0.25, 0.3) is 0 Å². The van der Waals surface area contributed by atoms with Crippen LogP contribution in [0.4, 0.5) is 5.82 Å². The molecule has 0 saturated heterocycles. The van der Waals surface area contributed by atoms with Gasteiger partial charge < -0.3 is 15.4 Å². The van der Waals surface area contributed by atoms with E-state index in [9.17, 15) is 0 Å². The Balaban J connectivity index is 2.14. The summed E-state index contributed by atoms with van der Waals surface area (Å²) in [6, 6.07) is 6.94. The van der Waals surface area contributed by atoms with E-state index in [1.807, 2.05) is 12.1 Å². The number of aromatic nitrogens is 1. The van der Waals surface area contributed by atoms with Gasteiger partial charge in [0, 0.05) is 24.7 Å². The second-order valence-electron chi connectivity index (χ2n) is 5.30. The summed E-state index contributed by atoms with van der Waals surface area (Å²) in [5, 5.41) is 0. The number of methoxy groups -OCH3 is 1. The summed E-state index contributed by atoms with van der Waals surface area (Å²) in [7, 11) is 1.66. The molecule has 0 aromatic carbocycles. The summed E-state index contributed by atoms with van der Waals surface area (Å²) in [6.07, 6.45) is 5.70. The van der Waals surface area contributed by atoms with Gasteiger partial charge in [0.2, 0.25) is 5.88 Å². The van der Waals surface area contributed by atoms with E-state index < -0.39 is 0 Å². The molecule has 0 radical (unpaired) electrons. The van der Waals surface area contributed by atoms with Crippen molar-refractivity contribution in [1.82, 2.24) is 4.98 Å². The van der Waals surface area contributed by atoms with Gasteiger partial charge in [0.05, 0.1) is 7.11 Å². The van der Waals surface area contributed by atoms with E-state index in [4.69, 9.17) is 10.5 Å². The van der Waals surface area contributed by atoms with Gasteiger partial charge in [-0.2, -0.15) is 4.98 Å². The van der Waals surface area contributed by atoms with Crippen molar-refractivity contribution in [3.05, 3.63) is 18.2 Å². The fourth-order valence-corrected chi connectivity index (χ4v) is 2.82. The molecule has 1 fully saturated rings. The molecule has 0 bridgehead atoms. The summed E-state index contributed by atoms with van der Waals surface area (Å²) in [4.78, 5) is 7.00. The normalized spacial score (nSPS) is 23.1. The molecule has 0 atom stereocenters. The van der Waals surface area contributed by atoms with Gasteiger partial charge in [-0.25, -0.2) is 0 Å². The smallest absolute Gasteiger partial charge is 0.214 e. The third kappa shape index (κ3) is 3.60. The highest BCUT2D eigenvalue weighted by Gasteiger charge is 2.24. The second-order valence-corrected chi connectivity index (χ2v) is 5.30. The molecule has 106 valence electrons. The van der Waals surface area contributed by atoms with Gasteiger partial charge in [0.25, 0.3) is 0 Å². The third-order valence-corrected chi connectivity index (χ3v) is 3.86. The van der Waals surface area contributed by atoms with Crippen molar-refractivity contribution >= 4 is 5.82 Å². The molecule has 1 heterocycles. The molecule has 4 heteroatoms. The Hall–Kier alpha value is -1.29. The summed E-state index contributed by atoms with van der Waals surface area (Å²) >= 11 is 0. The number of hydrogen-bond acceptors (Lipinski definition) is 4. The number of ether oxygens (including phenoxy) is 1. The Morgan fingerprint density at radius 3 is 2.68 bits per heavy atom. The molecule has 0 amide bonds. The summed E-state index contributed by atoms with van der Waals surface area (Å²) in [6.45, 7) is 3.25. The molecule has 1 saturated carbocycles. The third-order valence-electron chi connectivity index (χ3n) is 3.86. The maximum atomic E-state index is 6.00. The highest BCUT2D eigenvalue weighted by atomic mass is 16.5. The first-order chi connectivity index (χ1) is 9.24. The number of anilines is 1. The minimum Gasteiger partial charge on any atom is -0.481 e. The number of nitrogens with two attached hydrogens (primary N) is 1. The fourth-order valence-electron chi connectivity index (χ4n) is 2.82. The average Bonchev–Trinajstić information content (AvgIpc) is 2.46. The van der Waals surface area contributed by atoms with Crippen LogP contribution in [-0.4, -0.2) is 30.7 Å². The summed E-state index contributed by atoms with van der Waals surface area (Å²) < 4.78 is 5.23. The lowest BCUT2D eigenvalue weighted by molar-refractivity contribution is 0.370. The molecule has 1 aromatic rings. The van der Waals surface area contributed by atoms with Crippen LogP contribution in [0, 0.1) is 0 Å². The first kappa shape index (κ1) is 14.1. The van der Waals surface area contributed by atoms with Crippen LogP contribution in [0.5, 0.6) is 5.88 Å². The largest absolute Gasteiger partial charge is 0.481 e. The number of hydrogen-bond donors (Lipinski definition) is 1. The Labute approximate surface area is 116 Å². The number of pyridine rings is 1. The van der Waals surface area contributed by atoms with Crippen molar-refractivity contribution < 1.29 is 4.74 Å². The van der Waals surface area contributed by atoms with Crippen LogP contribution < -0.4 is 15.4 Å². The molecule has 0 aliphatic heterocycles. The predicted octanol–water partition coefficient (Wildman–Crippen LogP) is 2.58. The minimum atomic E-state index is 0.387. The van der Waals surface area contributed by atoms with Gasteiger partial charge in [-0.1, -0.05) is 13.0 Å². The zero-order valence-corrected chi connectivity index (χ0v) is 12.0. The summed E-state index contributed by atoms with van der Waals surface area (Å²) in [5.74, 6) is 1.72. The molecule has 2 N–H and O–H groups in total. The van der Waals surface area contributed by atoms with Crippen molar-refractivity contribution in [2.45, 2.75) is 51.1 Å². The van der Waals surface area contributed by atoms with E-state index >= 15 is 0 Å². The molecular weight excluding hydrogens is 238 g/mol. The van der Waals surface area contributed by atoms with Crippen molar-refractivity contribution in [2.24, 2.45) is 5.73 Å². The van der Waals surface area contributed by atoms with Crippen LogP contribution in [0.1, 0.15) is 39.0 Å². The van der Waals surface area contributed by atoms with Crippen LogP contribution >= 0.6 is 0 Å². The van der Waals surface area contributed by atoms with Crippen molar-refractivity contribution in [3.63, 3.8) is 0 Å². The predicted molar refractivity (Wildman–Crippen MR) is 78.7 cm³/mol. The lowest BCUT2D eigenvalue weighted by Gasteiger charge is -2.36. The lowest BCUT2D eigenvalue weighted by atomic mass is 9.90. The Kier molecular flexibility index (Phi) is 5.02. The van der Waals surface area contributed by atoms with E-state index in [0.29, 0.717) is 18.0 Å². The van der Waals surface area contributed by atoms with Gasteiger partial charge in [0.15, 0.2) is 0 Å². The molecule has 0 spiro atoms. The van der Waals surface area contributed by atoms with E-state index in [0.717, 1.165) is 31.6 Å². The van der Waals surface area contributed by atoms with Crippen LogP contribution in [0.15, 0.2) is 18.2 Å². The topological polar surface area (TPSA) is 51.4 Å². The molecule has 19 heavy (non-hydrogen) atoms. The highest BCUT2D eigenvalue weighted by Crippen LogP contribution is 2.27. The van der Waals surface area contributed by atoms with E-state index in [1.165, 1.54) is 12.8 Å². The standard InChI is InChI=1S/C15H25N3O/c1-3-11-18(13-9-7-12(16)8-10-13)14-5-4-6-15(17-14)19-2/h4-6,12-13H,3,7-11,16H2,1-2H3. The molecule has 1 aliphatic carbocycles. The minimum absolute atomic E-state index is 0.387. The summed E-state index contributed by atoms with van der Waals surface area (Å²) in [5.41, 5.74) is 6.00. The van der Waals surface area contributed by atoms with Gasteiger partial charge in [-0.15, -0.1) is 0 Å². The van der Waals surface area contributed by atoms with Crippen LogP contribution in [0.3, 0.4) is 0 Å². The van der Waals surface area contributed by atoms with Crippen LogP contribution in [0.2, 0.25) is 0 Å². The lowest BCUT2D eigenvalue weighted by Crippen LogP contribution is -2.41. The van der Waals surface area contributed by atoms with Crippen molar-refractivity contribution in [1.29, 1.82) is 0 Å². The molecule has 1 aliphatic rings. The van der Waals surface area contributed by atoms with Gasteiger partial charge >= 0.3 is 0 Å². The molecule has 0 unspecified atom stereocenters. The zero-order valence-electron chi connectivity index (χ0n) is 12.0. The van der Waals surface area contributed by atoms with Crippen molar-refractivity contribution in [3.8, 4) is 5.88 Å². The van der Waals surface area contributed by atoms with E-state index in [2.05, 4.69) is 22.9 Å². The monoisotopic (exact) mass is 263 g/mol. The van der Waals surface area contributed by atoms with Gasteiger partial charge in [0.1, 0.15) is 5.82 Å². The second kappa shape index (κ2) is 6.75. The van der Waals surface area contributed by atoms with E-state index in [-0.39, 0.29) is 0 Å².